The number of carbonyl (C=O) groups is 2. The Balaban J connectivity index is 1.60. The number of nitrogens with two attached hydrogens (primary N) is 1. The number of morpholine rings is 1. The van der Waals surface area contributed by atoms with Crippen LogP contribution in [0.15, 0.2) is 18.3 Å². The third kappa shape index (κ3) is 3.94. The summed E-state index contributed by atoms with van der Waals surface area (Å²) in [5.74, 6) is -0.0438. The van der Waals surface area contributed by atoms with E-state index in [0.717, 1.165) is 19.4 Å². The number of hydrogen-bond acceptors (Lipinski definition) is 5. The van der Waals surface area contributed by atoms with Crippen molar-refractivity contribution in [2.45, 2.75) is 18.9 Å². The number of rotatable bonds is 3. The van der Waals surface area contributed by atoms with Crippen LogP contribution < -0.4 is 10.5 Å². The zero-order chi connectivity index (χ0) is 16.9. The number of piperidine rings is 1. The molecular weight excluding hydrogens is 312 g/mol. The van der Waals surface area contributed by atoms with Gasteiger partial charge in [-0.3, -0.25) is 9.78 Å². The van der Waals surface area contributed by atoms with Crippen molar-refractivity contribution >= 4 is 11.9 Å². The molecule has 2 aliphatic heterocycles. The first-order chi connectivity index (χ1) is 11.6. The molecule has 1 aromatic heterocycles. The predicted octanol–water partition coefficient (Wildman–Crippen LogP) is 0.476. The third-order valence-electron chi connectivity index (χ3n) is 4.22. The van der Waals surface area contributed by atoms with Gasteiger partial charge in [0.1, 0.15) is 17.5 Å². The SMILES string of the molecule is NC(=O)c1cc(OC2CCCN(C(=O)N3CCOCC3)C2)ccn1. The van der Waals surface area contributed by atoms with Crippen molar-refractivity contribution in [3.8, 4) is 5.75 Å². The molecule has 3 amide bonds. The highest BCUT2D eigenvalue weighted by molar-refractivity contribution is 5.91. The van der Waals surface area contributed by atoms with Crippen molar-refractivity contribution in [2.75, 3.05) is 39.4 Å². The summed E-state index contributed by atoms with van der Waals surface area (Å²) in [5.41, 5.74) is 5.41. The molecule has 0 saturated carbocycles. The summed E-state index contributed by atoms with van der Waals surface area (Å²) in [6, 6.07) is 3.26. The molecule has 0 spiro atoms. The number of ether oxygens (including phenoxy) is 2. The van der Waals surface area contributed by atoms with E-state index in [1.165, 1.54) is 12.3 Å². The highest BCUT2D eigenvalue weighted by atomic mass is 16.5. The van der Waals surface area contributed by atoms with E-state index >= 15 is 0 Å². The van der Waals surface area contributed by atoms with E-state index in [4.69, 9.17) is 15.2 Å². The van der Waals surface area contributed by atoms with Crippen LogP contribution in [-0.4, -0.2) is 72.2 Å². The lowest BCUT2D eigenvalue weighted by atomic mass is 10.1. The lowest BCUT2D eigenvalue weighted by molar-refractivity contribution is 0.0330. The maximum absolute atomic E-state index is 12.6. The van der Waals surface area contributed by atoms with Crippen molar-refractivity contribution < 1.29 is 19.1 Å². The Hall–Kier alpha value is -2.35. The largest absolute Gasteiger partial charge is 0.488 e. The minimum absolute atomic E-state index is 0.0409. The smallest absolute Gasteiger partial charge is 0.320 e. The van der Waals surface area contributed by atoms with Gasteiger partial charge in [0.25, 0.3) is 5.91 Å². The van der Waals surface area contributed by atoms with Crippen molar-refractivity contribution in [2.24, 2.45) is 5.73 Å². The summed E-state index contributed by atoms with van der Waals surface area (Å²) in [6.45, 7) is 3.71. The maximum atomic E-state index is 12.6. The van der Waals surface area contributed by atoms with Gasteiger partial charge < -0.3 is 25.0 Å². The van der Waals surface area contributed by atoms with E-state index in [2.05, 4.69) is 4.98 Å². The molecule has 0 aromatic carbocycles. The van der Waals surface area contributed by atoms with Crippen molar-refractivity contribution in [3.63, 3.8) is 0 Å². The summed E-state index contributed by atoms with van der Waals surface area (Å²) in [4.78, 5) is 31.3. The average molecular weight is 334 g/mol. The molecule has 1 aromatic rings. The number of aromatic nitrogens is 1. The second kappa shape index (κ2) is 7.48. The number of pyridine rings is 1. The first-order valence-electron chi connectivity index (χ1n) is 8.17. The molecule has 0 bridgehead atoms. The van der Waals surface area contributed by atoms with Gasteiger partial charge in [-0.25, -0.2) is 4.79 Å². The summed E-state index contributed by atoms with van der Waals surface area (Å²) in [5, 5.41) is 0. The van der Waals surface area contributed by atoms with E-state index in [0.29, 0.717) is 38.6 Å². The molecule has 3 rings (SSSR count). The topological polar surface area (TPSA) is 98.0 Å². The van der Waals surface area contributed by atoms with Gasteiger partial charge in [0.2, 0.25) is 0 Å². The number of hydrogen-bond donors (Lipinski definition) is 1. The zero-order valence-electron chi connectivity index (χ0n) is 13.5. The van der Waals surface area contributed by atoms with Crippen LogP contribution in [0.2, 0.25) is 0 Å². The van der Waals surface area contributed by atoms with E-state index in [1.54, 1.807) is 6.07 Å². The average Bonchev–Trinajstić information content (AvgIpc) is 2.62. The van der Waals surface area contributed by atoms with Gasteiger partial charge in [0.15, 0.2) is 0 Å². The van der Waals surface area contributed by atoms with E-state index in [1.807, 2.05) is 9.80 Å². The minimum Gasteiger partial charge on any atom is -0.488 e. The van der Waals surface area contributed by atoms with Crippen molar-refractivity contribution in [1.29, 1.82) is 0 Å². The van der Waals surface area contributed by atoms with E-state index < -0.39 is 5.91 Å². The fourth-order valence-electron chi connectivity index (χ4n) is 2.97. The summed E-state index contributed by atoms with van der Waals surface area (Å²) >= 11 is 0. The second-order valence-corrected chi connectivity index (χ2v) is 5.95. The Morgan fingerprint density at radius 2 is 2.04 bits per heavy atom. The fourth-order valence-corrected chi connectivity index (χ4v) is 2.97. The Morgan fingerprint density at radius 1 is 1.25 bits per heavy atom. The van der Waals surface area contributed by atoms with E-state index in [-0.39, 0.29) is 17.8 Å². The fraction of sp³-hybridized carbons (Fsp3) is 0.562. The lowest BCUT2D eigenvalue weighted by Gasteiger charge is -2.37. The van der Waals surface area contributed by atoms with Crippen LogP contribution in [-0.2, 0) is 4.74 Å². The zero-order valence-corrected chi connectivity index (χ0v) is 13.5. The summed E-state index contributed by atoms with van der Waals surface area (Å²) < 4.78 is 11.2. The molecule has 3 heterocycles. The number of likely N-dealkylation sites (tertiary alicyclic amines) is 1. The molecule has 1 atom stereocenters. The highest BCUT2D eigenvalue weighted by Crippen LogP contribution is 2.20. The molecule has 2 aliphatic rings. The van der Waals surface area contributed by atoms with Crippen LogP contribution in [0.1, 0.15) is 23.3 Å². The number of nitrogens with zero attached hydrogens (tertiary/aromatic N) is 3. The molecule has 1 unspecified atom stereocenters. The van der Waals surface area contributed by atoms with E-state index in [9.17, 15) is 9.59 Å². The van der Waals surface area contributed by atoms with Gasteiger partial charge in [-0.1, -0.05) is 0 Å². The van der Waals surface area contributed by atoms with Crippen LogP contribution in [0.5, 0.6) is 5.75 Å². The molecule has 130 valence electrons. The molecule has 24 heavy (non-hydrogen) atoms. The summed E-state index contributed by atoms with van der Waals surface area (Å²) in [7, 11) is 0. The molecule has 2 saturated heterocycles. The van der Waals surface area contributed by atoms with Crippen LogP contribution in [0.4, 0.5) is 4.79 Å². The van der Waals surface area contributed by atoms with Crippen molar-refractivity contribution in [3.05, 3.63) is 24.0 Å². The normalized spacial score (nSPS) is 21.4. The summed E-state index contributed by atoms with van der Waals surface area (Å²) in [6.07, 6.45) is 3.14. The molecule has 8 heteroatoms. The highest BCUT2D eigenvalue weighted by Gasteiger charge is 2.29. The molecule has 8 nitrogen and oxygen atoms in total. The predicted molar refractivity (Wildman–Crippen MR) is 85.8 cm³/mol. The Bertz CT molecular complexity index is 603. The number of urea groups is 1. The molecule has 0 radical (unpaired) electrons. The van der Waals surface area contributed by atoms with Crippen LogP contribution in [0, 0.1) is 0 Å². The standard InChI is InChI=1S/C16H22N4O4/c17-15(21)14-10-12(3-4-18-14)24-13-2-1-5-20(11-13)16(22)19-6-8-23-9-7-19/h3-4,10,13H,1-2,5-9,11H2,(H2,17,21). The number of primary amides is 1. The van der Waals surface area contributed by atoms with Crippen LogP contribution in [0.3, 0.4) is 0 Å². The van der Waals surface area contributed by atoms with Gasteiger partial charge in [0, 0.05) is 31.9 Å². The first kappa shape index (κ1) is 16.5. The second-order valence-electron chi connectivity index (χ2n) is 5.95. The molecule has 2 N–H and O–H groups in total. The third-order valence-corrected chi connectivity index (χ3v) is 4.22. The van der Waals surface area contributed by atoms with Gasteiger partial charge in [0.05, 0.1) is 19.8 Å². The van der Waals surface area contributed by atoms with Gasteiger partial charge in [-0.15, -0.1) is 0 Å². The Morgan fingerprint density at radius 3 is 2.79 bits per heavy atom. The molecular formula is C16H22N4O4. The van der Waals surface area contributed by atoms with Gasteiger partial charge in [-0.2, -0.15) is 0 Å². The number of amides is 3. The van der Waals surface area contributed by atoms with Crippen LogP contribution >= 0.6 is 0 Å². The van der Waals surface area contributed by atoms with Gasteiger partial charge >= 0.3 is 6.03 Å². The molecule has 2 fully saturated rings. The quantitative estimate of drug-likeness (QED) is 0.867. The maximum Gasteiger partial charge on any atom is 0.320 e. The van der Waals surface area contributed by atoms with Crippen molar-refractivity contribution in [1.82, 2.24) is 14.8 Å². The Kier molecular flexibility index (Phi) is 5.14. The lowest BCUT2D eigenvalue weighted by Crippen LogP contribution is -2.52. The molecule has 0 aliphatic carbocycles. The number of carbonyl (C=O) groups excluding carboxylic acids is 2. The Labute approximate surface area is 140 Å². The van der Waals surface area contributed by atoms with Gasteiger partial charge in [-0.05, 0) is 18.9 Å². The monoisotopic (exact) mass is 334 g/mol. The first-order valence-corrected chi connectivity index (χ1v) is 8.17. The van der Waals surface area contributed by atoms with Crippen LogP contribution in [0.25, 0.3) is 0 Å². The minimum atomic E-state index is -0.590.